The number of carbonyl (C=O) groups excluding carboxylic acids is 1. The molecule has 90 valence electrons. The van der Waals surface area contributed by atoms with E-state index in [4.69, 9.17) is 4.74 Å². The molecule has 0 N–H and O–H groups in total. The fourth-order valence-corrected chi connectivity index (χ4v) is 2.88. The van der Waals surface area contributed by atoms with Gasteiger partial charge < -0.3 is 4.74 Å². The Kier molecular flexibility index (Phi) is 4.77. The van der Waals surface area contributed by atoms with Gasteiger partial charge in [-0.2, -0.15) is 0 Å². The predicted octanol–water partition coefficient (Wildman–Crippen LogP) is 1.54. The first kappa shape index (κ1) is 14.4. The minimum absolute atomic E-state index is 0.193. The van der Waals surface area contributed by atoms with Gasteiger partial charge in [-0.05, 0) is 34.1 Å². The standard InChI is InChI=1S/C10H20O4S/c1-6-8(3)15(12,13)10(4,5)9(11)14-7-2/h8H,6-7H2,1-5H3/t8-/m1/s1. The van der Waals surface area contributed by atoms with Crippen LogP contribution in [0, 0.1) is 0 Å². The molecule has 15 heavy (non-hydrogen) atoms. The molecule has 0 aromatic rings. The topological polar surface area (TPSA) is 60.4 Å². The number of rotatable bonds is 5. The quantitative estimate of drug-likeness (QED) is 0.679. The van der Waals surface area contributed by atoms with Crippen LogP contribution in [-0.4, -0.2) is 31.0 Å². The molecule has 5 heteroatoms. The van der Waals surface area contributed by atoms with E-state index >= 15 is 0 Å². The lowest BCUT2D eigenvalue weighted by Gasteiger charge is -2.25. The van der Waals surface area contributed by atoms with Crippen LogP contribution in [0.3, 0.4) is 0 Å². The van der Waals surface area contributed by atoms with E-state index in [0.717, 1.165) is 0 Å². The number of carbonyl (C=O) groups is 1. The van der Waals surface area contributed by atoms with Crippen molar-refractivity contribution in [2.45, 2.75) is 51.0 Å². The average molecular weight is 236 g/mol. The van der Waals surface area contributed by atoms with Crippen molar-refractivity contribution in [2.24, 2.45) is 0 Å². The van der Waals surface area contributed by atoms with Crippen LogP contribution < -0.4 is 0 Å². The van der Waals surface area contributed by atoms with E-state index in [0.29, 0.717) is 6.42 Å². The van der Waals surface area contributed by atoms with Crippen molar-refractivity contribution in [1.29, 1.82) is 0 Å². The average Bonchev–Trinajstić information content (AvgIpc) is 2.16. The zero-order chi connectivity index (χ0) is 12.3. The van der Waals surface area contributed by atoms with Crippen LogP contribution in [0.25, 0.3) is 0 Å². The lowest BCUT2D eigenvalue weighted by Crippen LogP contribution is -2.46. The lowest BCUT2D eigenvalue weighted by molar-refractivity contribution is -0.145. The Hall–Kier alpha value is -0.580. The normalized spacial score (nSPS) is 14.7. The summed E-state index contributed by atoms with van der Waals surface area (Å²) in [4.78, 5) is 11.5. The Morgan fingerprint density at radius 3 is 2.13 bits per heavy atom. The summed E-state index contributed by atoms with van der Waals surface area (Å²) in [7, 11) is -3.48. The second kappa shape index (κ2) is 4.96. The number of sulfone groups is 1. The van der Waals surface area contributed by atoms with Gasteiger partial charge in [-0.1, -0.05) is 6.92 Å². The summed E-state index contributed by atoms with van der Waals surface area (Å²) < 4.78 is 27.3. The molecule has 0 aliphatic rings. The summed E-state index contributed by atoms with van der Waals surface area (Å²) >= 11 is 0. The third kappa shape index (κ3) is 2.71. The highest BCUT2D eigenvalue weighted by atomic mass is 32.2. The lowest BCUT2D eigenvalue weighted by atomic mass is 10.2. The summed E-state index contributed by atoms with van der Waals surface area (Å²) in [6.45, 7) is 8.03. The van der Waals surface area contributed by atoms with Gasteiger partial charge in [0.2, 0.25) is 0 Å². The minimum Gasteiger partial charge on any atom is -0.465 e. The van der Waals surface area contributed by atoms with Crippen LogP contribution in [0.1, 0.15) is 41.0 Å². The molecule has 4 nitrogen and oxygen atoms in total. The number of esters is 1. The number of hydrogen-bond acceptors (Lipinski definition) is 4. The van der Waals surface area contributed by atoms with Crippen molar-refractivity contribution in [3.8, 4) is 0 Å². The monoisotopic (exact) mass is 236 g/mol. The second-order valence-corrected chi connectivity index (χ2v) is 6.91. The fourth-order valence-electron chi connectivity index (χ4n) is 1.14. The van der Waals surface area contributed by atoms with Gasteiger partial charge in [0.05, 0.1) is 11.9 Å². The van der Waals surface area contributed by atoms with Gasteiger partial charge in [-0.25, -0.2) is 8.42 Å². The van der Waals surface area contributed by atoms with Crippen LogP contribution >= 0.6 is 0 Å². The summed E-state index contributed by atoms with van der Waals surface area (Å²) in [5.74, 6) is -0.676. The predicted molar refractivity (Wildman–Crippen MR) is 59.4 cm³/mol. The molecule has 0 aromatic carbocycles. The maximum atomic E-state index is 12.0. The van der Waals surface area contributed by atoms with E-state index in [1.165, 1.54) is 13.8 Å². The van der Waals surface area contributed by atoms with Gasteiger partial charge in [-0.15, -0.1) is 0 Å². The van der Waals surface area contributed by atoms with E-state index < -0.39 is 25.8 Å². The highest BCUT2D eigenvalue weighted by Crippen LogP contribution is 2.24. The van der Waals surface area contributed by atoms with E-state index in [1.807, 2.05) is 0 Å². The van der Waals surface area contributed by atoms with Gasteiger partial charge in [0.15, 0.2) is 14.6 Å². The first-order chi connectivity index (χ1) is 6.71. The molecule has 0 radical (unpaired) electrons. The number of ether oxygens (including phenoxy) is 1. The molecule has 0 bridgehead atoms. The van der Waals surface area contributed by atoms with Crippen LogP contribution in [-0.2, 0) is 19.4 Å². The van der Waals surface area contributed by atoms with Crippen molar-refractivity contribution in [1.82, 2.24) is 0 Å². The molecule has 0 fully saturated rings. The van der Waals surface area contributed by atoms with Gasteiger partial charge >= 0.3 is 5.97 Å². The van der Waals surface area contributed by atoms with Crippen LogP contribution in [0.5, 0.6) is 0 Å². The molecule has 0 heterocycles. The molecule has 0 saturated heterocycles. The first-order valence-electron chi connectivity index (χ1n) is 5.12. The highest BCUT2D eigenvalue weighted by Gasteiger charge is 2.45. The Balaban J connectivity index is 5.10. The molecule has 0 aromatic heterocycles. The highest BCUT2D eigenvalue weighted by molar-refractivity contribution is 7.94. The summed E-state index contributed by atoms with van der Waals surface area (Å²) in [5.41, 5.74) is 0. The van der Waals surface area contributed by atoms with E-state index in [9.17, 15) is 13.2 Å². The van der Waals surface area contributed by atoms with Crippen molar-refractivity contribution >= 4 is 15.8 Å². The van der Waals surface area contributed by atoms with Gasteiger partial charge in [-0.3, -0.25) is 4.79 Å². The third-order valence-corrected chi connectivity index (χ3v) is 5.56. The SMILES string of the molecule is CCOC(=O)C(C)(C)S(=O)(=O)[C@H](C)CC. The molecule has 0 spiro atoms. The summed E-state index contributed by atoms with van der Waals surface area (Å²) in [6.07, 6.45) is 0.491. The first-order valence-corrected chi connectivity index (χ1v) is 6.67. The van der Waals surface area contributed by atoms with E-state index in [1.54, 1.807) is 20.8 Å². The molecule has 0 amide bonds. The van der Waals surface area contributed by atoms with Crippen molar-refractivity contribution < 1.29 is 17.9 Å². The van der Waals surface area contributed by atoms with Crippen LogP contribution in [0.4, 0.5) is 0 Å². The zero-order valence-corrected chi connectivity index (χ0v) is 10.8. The van der Waals surface area contributed by atoms with Crippen molar-refractivity contribution in [3.63, 3.8) is 0 Å². The maximum absolute atomic E-state index is 12.0. The Bertz CT molecular complexity index is 316. The molecular formula is C10H20O4S. The maximum Gasteiger partial charge on any atom is 0.326 e. The molecule has 0 unspecified atom stereocenters. The molecule has 0 aliphatic carbocycles. The van der Waals surface area contributed by atoms with E-state index in [-0.39, 0.29) is 6.61 Å². The Morgan fingerprint density at radius 1 is 1.33 bits per heavy atom. The second-order valence-electron chi connectivity index (χ2n) is 3.99. The molecule has 1 atom stereocenters. The summed E-state index contributed by atoms with van der Waals surface area (Å²) in [6, 6.07) is 0. The molecule has 0 saturated carbocycles. The van der Waals surface area contributed by atoms with Gasteiger partial charge in [0, 0.05) is 0 Å². The van der Waals surface area contributed by atoms with Gasteiger partial charge in [0.25, 0.3) is 0 Å². The fraction of sp³-hybridized carbons (Fsp3) is 0.900. The van der Waals surface area contributed by atoms with Crippen molar-refractivity contribution in [3.05, 3.63) is 0 Å². The van der Waals surface area contributed by atoms with Crippen LogP contribution in [0.2, 0.25) is 0 Å². The van der Waals surface area contributed by atoms with Crippen LogP contribution in [0.15, 0.2) is 0 Å². The number of hydrogen-bond donors (Lipinski definition) is 0. The summed E-state index contributed by atoms with van der Waals surface area (Å²) in [5, 5.41) is -0.531. The molecule has 0 rings (SSSR count). The minimum atomic E-state index is -3.48. The zero-order valence-electron chi connectivity index (χ0n) is 10.0. The largest absolute Gasteiger partial charge is 0.465 e. The molecule has 0 aliphatic heterocycles. The van der Waals surface area contributed by atoms with Gasteiger partial charge in [0.1, 0.15) is 0 Å². The third-order valence-electron chi connectivity index (χ3n) is 2.58. The Morgan fingerprint density at radius 2 is 1.80 bits per heavy atom. The molecular weight excluding hydrogens is 216 g/mol. The van der Waals surface area contributed by atoms with Crippen molar-refractivity contribution in [2.75, 3.05) is 6.61 Å². The smallest absolute Gasteiger partial charge is 0.326 e. The van der Waals surface area contributed by atoms with E-state index in [2.05, 4.69) is 0 Å². The Labute approximate surface area is 91.9 Å².